The van der Waals surface area contributed by atoms with E-state index in [-0.39, 0.29) is 0 Å². The first-order chi connectivity index (χ1) is 9.92. The maximum absolute atomic E-state index is 4.14. The molecule has 4 nitrogen and oxygen atoms in total. The van der Waals surface area contributed by atoms with Crippen molar-refractivity contribution in [3.05, 3.63) is 72.8 Å². The van der Waals surface area contributed by atoms with Gasteiger partial charge >= 0.3 is 0 Å². The van der Waals surface area contributed by atoms with Crippen LogP contribution >= 0.6 is 0 Å². The van der Waals surface area contributed by atoms with E-state index in [1.807, 2.05) is 12.1 Å². The third-order valence-corrected chi connectivity index (χ3v) is 2.96. The van der Waals surface area contributed by atoms with Gasteiger partial charge in [-0.25, -0.2) is 9.97 Å². The molecular formula is C16H14N4. The maximum Gasteiger partial charge on any atom is 0.222 e. The molecule has 0 aliphatic carbocycles. The summed E-state index contributed by atoms with van der Waals surface area (Å²) in [6, 6.07) is 14.2. The molecule has 0 spiro atoms. The minimum atomic E-state index is 0.641. The Labute approximate surface area is 117 Å². The molecule has 0 radical (unpaired) electrons. The van der Waals surface area contributed by atoms with Gasteiger partial charge in [0.05, 0.1) is 0 Å². The van der Waals surface area contributed by atoms with Crippen molar-refractivity contribution in [1.82, 2.24) is 15.0 Å². The van der Waals surface area contributed by atoms with E-state index in [9.17, 15) is 0 Å². The number of anilines is 1. The van der Waals surface area contributed by atoms with E-state index in [1.54, 1.807) is 30.9 Å². The maximum atomic E-state index is 4.14. The molecule has 0 fully saturated rings. The molecule has 3 aromatic rings. The Morgan fingerprint density at radius 3 is 2.40 bits per heavy atom. The molecule has 98 valence electrons. The lowest BCUT2D eigenvalue weighted by atomic mass is 10.0. The highest BCUT2D eigenvalue weighted by Crippen LogP contribution is 2.19. The fraction of sp³-hybridized carbons (Fsp3) is 0.0625. The number of rotatable bonds is 4. The Morgan fingerprint density at radius 1 is 0.800 bits per heavy atom. The summed E-state index contributed by atoms with van der Waals surface area (Å²) in [4.78, 5) is 12.3. The van der Waals surface area contributed by atoms with Crippen LogP contribution in [0.4, 0.5) is 5.95 Å². The first-order valence-electron chi connectivity index (χ1n) is 6.42. The molecule has 0 unspecified atom stereocenters. The molecule has 0 saturated heterocycles. The van der Waals surface area contributed by atoms with Gasteiger partial charge in [0.15, 0.2) is 0 Å². The van der Waals surface area contributed by atoms with Crippen molar-refractivity contribution in [2.24, 2.45) is 0 Å². The highest BCUT2D eigenvalue weighted by atomic mass is 15.1. The fourth-order valence-corrected chi connectivity index (χ4v) is 1.98. The lowest BCUT2D eigenvalue weighted by Crippen LogP contribution is -2.02. The van der Waals surface area contributed by atoms with Gasteiger partial charge in [0.25, 0.3) is 0 Å². The van der Waals surface area contributed by atoms with Crippen molar-refractivity contribution in [2.75, 3.05) is 5.32 Å². The second-order valence-corrected chi connectivity index (χ2v) is 4.36. The van der Waals surface area contributed by atoms with Gasteiger partial charge in [-0.1, -0.05) is 18.2 Å². The van der Waals surface area contributed by atoms with Crippen molar-refractivity contribution < 1.29 is 0 Å². The molecular weight excluding hydrogens is 248 g/mol. The smallest absolute Gasteiger partial charge is 0.222 e. The van der Waals surface area contributed by atoms with Crippen molar-refractivity contribution in [3.8, 4) is 11.1 Å². The van der Waals surface area contributed by atoms with Gasteiger partial charge in [0, 0.05) is 31.3 Å². The molecule has 0 saturated carbocycles. The summed E-state index contributed by atoms with van der Waals surface area (Å²) in [6.45, 7) is 0.697. The summed E-state index contributed by atoms with van der Waals surface area (Å²) >= 11 is 0. The van der Waals surface area contributed by atoms with E-state index in [4.69, 9.17) is 0 Å². The van der Waals surface area contributed by atoms with Gasteiger partial charge in [-0.05, 0) is 41.0 Å². The van der Waals surface area contributed by atoms with Gasteiger partial charge in [-0.15, -0.1) is 0 Å². The van der Waals surface area contributed by atoms with Crippen LogP contribution in [0.5, 0.6) is 0 Å². The molecule has 0 atom stereocenters. The molecule has 0 amide bonds. The minimum absolute atomic E-state index is 0.641. The van der Waals surface area contributed by atoms with Crippen LogP contribution in [0.2, 0.25) is 0 Å². The zero-order valence-corrected chi connectivity index (χ0v) is 10.9. The number of pyridine rings is 1. The van der Waals surface area contributed by atoms with Gasteiger partial charge in [0.2, 0.25) is 5.95 Å². The van der Waals surface area contributed by atoms with Gasteiger partial charge in [-0.3, -0.25) is 4.98 Å². The summed E-state index contributed by atoms with van der Waals surface area (Å²) in [5.41, 5.74) is 3.53. The van der Waals surface area contributed by atoms with Crippen LogP contribution in [-0.2, 0) is 6.54 Å². The standard InChI is InChI=1S/C16H14N4/c1-3-13(12-20-16-18-7-2-8-19-16)11-15(4-1)14-5-9-17-10-6-14/h1-11H,12H2,(H,18,19,20). The molecule has 2 heterocycles. The fourth-order valence-electron chi connectivity index (χ4n) is 1.98. The molecule has 0 aliphatic heterocycles. The summed E-state index contributed by atoms with van der Waals surface area (Å²) in [6.07, 6.45) is 7.06. The highest BCUT2D eigenvalue weighted by molar-refractivity contribution is 5.63. The van der Waals surface area contributed by atoms with Gasteiger partial charge < -0.3 is 5.32 Å². The van der Waals surface area contributed by atoms with E-state index >= 15 is 0 Å². The molecule has 2 aromatic heterocycles. The normalized spacial score (nSPS) is 10.2. The van der Waals surface area contributed by atoms with Crippen LogP contribution in [0.15, 0.2) is 67.3 Å². The van der Waals surface area contributed by atoms with Crippen LogP contribution in [0.25, 0.3) is 11.1 Å². The Balaban J connectivity index is 1.75. The molecule has 3 rings (SSSR count). The predicted molar refractivity (Wildman–Crippen MR) is 79.0 cm³/mol. The lowest BCUT2D eigenvalue weighted by Gasteiger charge is -2.07. The number of nitrogens with zero attached hydrogens (tertiary/aromatic N) is 3. The molecule has 20 heavy (non-hydrogen) atoms. The predicted octanol–water partition coefficient (Wildman–Crippen LogP) is 3.15. The Kier molecular flexibility index (Phi) is 3.64. The summed E-state index contributed by atoms with van der Waals surface area (Å²) in [7, 11) is 0. The topological polar surface area (TPSA) is 50.7 Å². The van der Waals surface area contributed by atoms with E-state index in [0.717, 1.165) is 5.56 Å². The van der Waals surface area contributed by atoms with Crippen LogP contribution < -0.4 is 5.32 Å². The molecule has 0 aliphatic rings. The number of benzene rings is 1. The summed E-state index contributed by atoms with van der Waals surface area (Å²) < 4.78 is 0. The van der Waals surface area contributed by atoms with Crippen molar-refractivity contribution in [3.63, 3.8) is 0 Å². The molecule has 1 aromatic carbocycles. The summed E-state index contributed by atoms with van der Waals surface area (Å²) in [5, 5.41) is 3.21. The van der Waals surface area contributed by atoms with Crippen molar-refractivity contribution in [2.45, 2.75) is 6.54 Å². The number of hydrogen-bond acceptors (Lipinski definition) is 4. The van der Waals surface area contributed by atoms with Crippen LogP contribution in [0.1, 0.15) is 5.56 Å². The van der Waals surface area contributed by atoms with Crippen LogP contribution in [0.3, 0.4) is 0 Å². The number of hydrogen-bond donors (Lipinski definition) is 1. The van der Waals surface area contributed by atoms with E-state index in [1.165, 1.54) is 11.1 Å². The number of aromatic nitrogens is 3. The number of nitrogens with one attached hydrogen (secondary N) is 1. The monoisotopic (exact) mass is 262 g/mol. The minimum Gasteiger partial charge on any atom is -0.350 e. The van der Waals surface area contributed by atoms with Gasteiger partial charge in [-0.2, -0.15) is 0 Å². The quantitative estimate of drug-likeness (QED) is 0.784. The first-order valence-corrected chi connectivity index (χ1v) is 6.42. The largest absolute Gasteiger partial charge is 0.350 e. The molecule has 0 bridgehead atoms. The average molecular weight is 262 g/mol. The Hall–Kier alpha value is -2.75. The molecule has 1 N–H and O–H groups in total. The average Bonchev–Trinajstić information content (AvgIpc) is 2.55. The lowest BCUT2D eigenvalue weighted by molar-refractivity contribution is 1.05. The Bertz CT molecular complexity index is 668. The summed E-state index contributed by atoms with van der Waals surface area (Å²) in [5.74, 6) is 0.641. The second kappa shape index (κ2) is 5.93. The zero-order chi connectivity index (χ0) is 13.6. The van der Waals surface area contributed by atoms with E-state index in [2.05, 4.69) is 44.5 Å². The van der Waals surface area contributed by atoms with Crippen LogP contribution in [-0.4, -0.2) is 15.0 Å². The third-order valence-electron chi connectivity index (χ3n) is 2.96. The first kappa shape index (κ1) is 12.3. The van der Waals surface area contributed by atoms with E-state index < -0.39 is 0 Å². The molecule has 4 heteroatoms. The van der Waals surface area contributed by atoms with Gasteiger partial charge in [0.1, 0.15) is 0 Å². The Morgan fingerprint density at radius 2 is 1.60 bits per heavy atom. The zero-order valence-electron chi connectivity index (χ0n) is 10.9. The van der Waals surface area contributed by atoms with Crippen molar-refractivity contribution >= 4 is 5.95 Å². The second-order valence-electron chi connectivity index (χ2n) is 4.36. The van der Waals surface area contributed by atoms with Crippen LogP contribution in [0, 0.1) is 0 Å². The SMILES string of the molecule is c1cnc(NCc2cccc(-c3ccncc3)c2)nc1. The third kappa shape index (κ3) is 2.98. The highest BCUT2D eigenvalue weighted by Gasteiger charge is 2.00. The van der Waals surface area contributed by atoms with Crippen molar-refractivity contribution in [1.29, 1.82) is 0 Å². The van der Waals surface area contributed by atoms with E-state index in [0.29, 0.717) is 12.5 Å².